The summed E-state index contributed by atoms with van der Waals surface area (Å²) in [7, 11) is 0. The van der Waals surface area contributed by atoms with Gasteiger partial charge in [-0.15, -0.1) is 0 Å². The molecule has 0 spiro atoms. The third-order valence-electron chi connectivity index (χ3n) is 2.94. The molecule has 0 aliphatic heterocycles. The monoisotopic (exact) mass is 283 g/mol. The lowest BCUT2D eigenvalue weighted by Crippen LogP contribution is -2.20. The van der Waals surface area contributed by atoms with Crippen LogP contribution in [0, 0.1) is 0 Å². The number of alkyl halides is 3. The van der Waals surface area contributed by atoms with E-state index in [1.807, 2.05) is 11.5 Å². The summed E-state index contributed by atoms with van der Waals surface area (Å²) in [6.45, 7) is 2.37. The van der Waals surface area contributed by atoms with Crippen molar-refractivity contribution >= 4 is 0 Å². The number of nitrogens with two attached hydrogens (primary N) is 1. The highest BCUT2D eigenvalue weighted by Crippen LogP contribution is 2.29. The van der Waals surface area contributed by atoms with Gasteiger partial charge in [-0.2, -0.15) is 13.2 Å². The van der Waals surface area contributed by atoms with E-state index in [1.165, 1.54) is 12.1 Å². The smallest absolute Gasteiger partial charge is 0.330 e. The first-order valence-electron chi connectivity index (χ1n) is 6.28. The molecule has 2 aromatic rings. The number of imidazole rings is 1. The Bertz CT molecular complexity index is 556. The molecule has 0 aliphatic carbocycles. The fraction of sp³-hybridized carbons (Fsp3) is 0.357. The molecule has 20 heavy (non-hydrogen) atoms. The molecular weight excluding hydrogens is 267 g/mol. The molecule has 0 saturated heterocycles. The maximum absolute atomic E-state index is 12.5. The topological polar surface area (TPSA) is 43.8 Å². The van der Waals surface area contributed by atoms with Crippen LogP contribution in [0.2, 0.25) is 0 Å². The van der Waals surface area contributed by atoms with E-state index >= 15 is 0 Å². The second kappa shape index (κ2) is 5.66. The predicted molar refractivity (Wildman–Crippen MR) is 70.1 cm³/mol. The molecule has 1 atom stereocenters. The van der Waals surface area contributed by atoms with Crippen molar-refractivity contribution in [1.29, 1.82) is 0 Å². The molecule has 1 aromatic carbocycles. The molecule has 0 bridgehead atoms. The van der Waals surface area contributed by atoms with Gasteiger partial charge >= 0.3 is 6.18 Å². The molecule has 0 amide bonds. The van der Waals surface area contributed by atoms with Crippen molar-refractivity contribution in [2.45, 2.75) is 32.1 Å². The lowest BCUT2D eigenvalue weighted by molar-refractivity contribution is -0.137. The number of nitrogens with zero attached hydrogens (tertiary/aromatic N) is 2. The zero-order valence-electron chi connectivity index (χ0n) is 11.1. The quantitative estimate of drug-likeness (QED) is 0.937. The van der Waals surface area contributed by atoms with Crippen LogP contribution in [0.1, 0.15) is 23.9 Å². The number of hydrogen-bond acceptors (Lipinski definition) is 2. The van der Waals surface area contributed by atoms with Crippen molar-refractivity contribution in [3.05, 3.63) is 53.6 Å². The van der Waals surface area contributed by atoms with E-state index in [0.29, 0.717) is 13.0 Å². The van der Waals surface area contributed by atoms with Crippen molar-refractivity contribution in [2.24, 2.45) is 5.73 Å². The summed E-state index contributed by atoms with van der Waals surface area (Å²) in [6, 6.07) is 5.15. The molecule has 1 aromatic heterocycles. The van der Waals surface area contributed by atoms with Gasteiger partial charge in [0.1, 0.15) is 5.82 Å². The maximum atomic E-state index is 12.5. The van der Waals surface area contributed by atoms with Gasteiger partial charge in [0.25, 0.3) is 0 Å². The minimum Gasteiger partial charge on any atom is -0.330 e. The molecule has 1 unspecified atom stereocenters. The van der Waals surface area contributed by atoms with Crippen LogP contribution in [-0.4, -0.2) is 15.6 Å². The van der Waals surface area contributed by atoms with E-state index in [4.69, 9.17) is 5.73 Å². The van der Waals surface area contributed by atoms with Gasteiger partial charge in [-0.1, -0.05) is 12.1 Å². The Hall–Kier alpha value is -1.82. The largest absolute Gasteiger partial charge is 0.416 e. The van der Waals surface area contributed by atoms with Gasteiger partial charge in [-0.25, -0.2) is 4.98 Å². The van der Waals surface area contributed by atoms with Crippen LogP contribution in [0.3, 0.4) is 0 Å². The first-order chi connectivity index (χ1) is 9.36. The normalized spacial score (nSPS) is 13.4. The standard InChI is InChI=1S/C14H16F3N3/c1-10(18)8-13-19-6-7-20(13)9-11-2-4-12(5-3-11)14(15,16)17/h2-7,10H,8-9,18H2,1H3. The Morgan fingerprint density at radius 2 is 1.90 bits per heavy atom. The fourth-order valence-corrected chi connectivity index (χ4v) is 1.96. The number of hydrogen-bond donors (Lipinski definition) is 1. The highest BCUT2D eigenvalue weighted by molar-refractivity contribution is 5.25. The molecule has 6 heteroatoms. The van der Waals surface area contributed by atoms with Crippen LogP contribution >= 0.6 is 0 Å². The second-order valence-electron chi connectivity index (χ2n) is 4.85. The van der Waals surface area contributed by atoms with Crippen molar-refractivity contribution < 1.29 is 13.2 Å². The van der Waals surface area contributed by atoms with Crippen LogP contribution in [-0.2, 0) is 19.1 Å². The molecule has 0 fully saturated rings. The summed E-state index contributed by atoms with van der Waals surface area (Å²) >= 11 is 0. The first kappa shape index (κ1) is 14.6. The van der Waals surface area contributed by atoms with Crippen molar-refractivity contribution in [3.63, 3.8) is 0 Å². The lowest BCUT2D eigenvalue weighted by atomic mass is 10.1. The lowest BCUT2D eigenvalue weighted by Gasteiger charge is -2.11. The van der Waals surface area contributed by atoms with Crippen LogP contribution in [0.15, 0.2) is 36.7 Å². The Labute approximate surface area is 115 Å². The van der Waals surface area contributed by atoms with Crippen LogP contribution < -0.4 is 5.73 Å². The maximum Gasteiger partial charge on any atom is 0.416 e. The number of benzene rings is 1. The molecular formula is C14H16F3N3. The molecule has 108 valence electrons. The van der Waals surface area contributed by atoms with Gasteiger partial charge in [0, 0.05) is 31.4 Å². The number of halogens is 3. The molecule has 0 radical (unpaired) electrons. The van der Waals surface area contributed by atoms with Crippen molar-refractivity contribution in [2.75, 3.05) is 0 Å². The second-order valence-corrected chi connectivity index (χ2v) is 4.85. The summed E-state index contributed by atoms with van der Waals surface area (Å²) in [5.41, 5.74) is 5.89. The van der Waals surface area contributed by atoms with Gasteiger partial charge in [-0.05, 0) is 24.6 Å². The minimum atomic E-state index is -4.30. The third-order valence-corrected chi connectivity index (χ3v) is 2.94. The van der Waals surface area contributed by atoms with Crippen LogP contribution in [0.4, 0.5) is 13.2 Å². The van der Waals surface area contributed by atoms with Crippen molar-refractivity contribution in [1.82, 2.24) is 9.55 Å². The highest BCUT2D eigenvalue weighted by atomic mass is 19.4. The Morgan fingerprint density at radius 3 is 2.45 bits per heavy atom. The zero-order valence-corrected chi connectivity index (χ0v) is 11.1. The van der Waals surface area contributed by atoms with E-state index in [-0.39, 0.29) is 6.04 Å². The number of rotatable bonds is 4. The summed E-state index contributed by atoms with van der Waals surface area (Å²) < 4.78 is 39.3. The zero-order chi connectivity index (χ0) is 14.8. The van der Waals surface area contributed by atoms with Gasteiger partial charge in [0.15, 0.2) is 0 Å². The predicted octanol–water partition coefficient (Wildman–Crippen LogP) is 2.84. The summed E-state index contributed by atoms with van der Waals surface area (Å²) in [6.07, 6.45) is -0.196. The summed E-state index contributed by atoms with van der Waals surface area (Å²) in [4.78, 5) is 4.21. The van der Waals surface area contributed by atoms with Gasteiger partial charge < -0.3 is 10.3 Å². The SMILES string of the molecule is CC(N)Cc1nccn1Cc1ccc(C(F)(F)F)cc1. The Morgan fingerprint density at radius 1 is 1.25 bits per heavy atom. The Kier molecular flexibility index (Phi) is 4.13. The molecule has 0 aliphatic rings. The van der Waals surface area contributed by atoms with E-state index < -0.39 is 11.7 Å². The van der Waals surface area contributed by atoms with Crippen molar-refractivity contribution in [3.8, 4) is 0 Å². The molecule has 2 N–H and O–H groups in total. The minimum absolute atomic E-state index is 0.0104. The highest BCUT2D eigenvalue weighted by Gasteiger charge is 2.29. The summed E-state index contributed by atoms with van der Waals surface area (Å²) in [5.74, 6) is 0.833. The van der Waals surface area contributed by atoms with E-state index in [0.717, 1.165) is 23.5 Å². The van der Waals surface area contributed by atoms with E-state index in [1.54, 1.807) is 12.4 Å². The van der Waals surface area contributed by atoms with E-state index in [2.05, 4.69) is 4.98 Å². The van der Waals surface area contributed by atoms with Gasteiger partial charge in [0.2, 0.25) is 0 Å². The summed E-state index contributed by atoms with van der Waals surface area (Å²) in [5, 5.41) is 0. The number of aromatic nitrogens is 2. The molecule has 2 rings (SSSR count). The molecule has 1 heterocycles. The molecule has 3 nitrogen and oxygen atoms in total. The average Bonchev–Trinajstić information content (AvgIpc) is 2.75. The van der Waals surface area contributed by atoms with Crippen LogP contribution in [0.25, 0.3) is 0 Å². The molecule has 0 saturated carbocycles. The average molecular weight is 283 g/mol. The first-order valence-corrected chi connectivity index (χ1v) is 6.28. The van der Waals surface area contributed by atoms with Gasteiger partial charge in [0.05, 0.1) is 5.56 Å². The third kappa shape index (κ3) is 3.60. The Balaban J connectivity index is 2.13. The van der Waals surface area contributed by atoms with E-state index in [9.17, 15) is 13.2 Å². The fourth-order valence-electron chi connectivity index (χ4n) is 1.96. The van der Waals surface area contributed by atoms with Crippen LogP contribution in [0.5, 0.6) is 0 Å². The van der Waals surface area contributed by atoms with Gasteiger partial charge in [-0.3, -0.25) is 0 Å².